The summed E-state index contributed by atoms with van der Waals surface area (Å²) in [5.74, 6) is 1.13. The SMILES string of the molecule is NC(CO)c1nc(-c2cccs2)n[nH]1. The van der Waals surface area contributed by atoms with Gasteiger partial charge in [-0.25, -0.2) is 4.98 Å². The van der Waals surface area contributed by atoms with Crippen LogP contribution in [0.4, 0.5) is 0 Å². The van der Waals surface area contributed by atoms with Gasteiger partial charge in [-0.3, -0.25) is 5.10 Å². The van der Waals surface area contributed by atoms with Gasteiger partial charge in [0.1, 0.15) is 5.82 Å². The zero-order valence-corrected chi connectivity index (χ0v) is 8.16. The number of nitrogens with one attached hydrogen (secondary N) is 1. The molecule has 74 valence electrons. The number of H-pyrrole nitrogens is 1. The summed E-state index contributed by atoms with van der Waals surface area (Å²) in [6.45, 7) is -0.140. The molecule has 4 N–H and O–H groups in total. The highest BCUT2D eigenvalue weighted by Gasteiger charge is 2.11. The lowest BCUT2D eigenvalue weighted by Crippen LogP contribution is -2.15. The molecule has 0 spiro atoms. The molecule has 2 aromatic heterocycles. The molecule has 5 nitrogen and oxygen atoms in total. The van der Waals surface area contributed by atoms with E-state index >= 15 is 0 Å². The van der Waals surface area contributed by atoms with Crippen molar-refractivity contribution < 1.29 is 5.11 Å². The first-order valence-corrected chi connectivity index (χ1v) is 5.02. The highest BCUT2D eigenvalue weighted by atomic mass is 32.1. The third kappa shape index (κ3) is 1.67. The van der Waals surface area contributed by atoms with E-state index in [9.17, 15) is 0 Å². The fourth-order valence-corrected chi connectivity index (χ4v) is 1.70. The summed E-state index contributed by atoms with van der Waals surface area (Å²) >= 11 is 1.56. The number of hydrogen-bond acceptors (Lipinski definition) is 5. The fraction of sp³-hybridized carbons (Fsp3) is 0.250. The second-order valence-corrected chi connectivity index (χ2v) is 3.76. The van der Waals surface area contributed by atoms with Gasteiger partial charge in [0.15, 0.2) is 5.82 Å². The Morgan fingerprint density at radius 3 is 3.14 bits per heavy atom. The maximum atomic E-state index is 8.82. The molecule has 0 fully saturated rings. The van der Waals surface area contributed by atoms with Gasteiger partial charge in [-0.05, 0) is 11.4 Å². The molecule has 14 heavy (non-hydrogen) atoms. The summed E-state index contributed by atoms with van der Waals surface area (Å²) < 4.78 is 0. The van der Waals surface area contributed by atoms with Gasteiger partial charge in [-0.1, -0.05) is 6.07 Å². The smallest absolute Gasteiger partial charge is 0.191 e. The molecular formula is C8H10N4OS. The average Bonchev–Trinajstić information content (AvgIpc) is 2.86. The number of aromatic amines is 1. The van der Waals surface area contributed by atoms with Crippen molar-refractivity contribution in [2.45, 2.75) is 6.04 Å². The van der Waals surface area contributed by atoms with Crippen LogP contribution in [0.15, 0.2) is 17.5 Å². The van der Waals surface area contributed by atoms with Crippen molar-refractivity contribution >= 4 is 11.3 Å². The maximum Gasteiger partial charge on any atom is 0.191 e. The molecule has 2 rings (SSSR count). The van der Waals surface area contributed by atoms with Crippen LogP contribution in [0, 0.1) is 0 Å². The largest absolute Gasteiger partial charge is 0.394 e. The van der Waals surface area contributed by atoms with Gasteiger partial charge in [0, 0.05) is 0 Å². The summed E-state index contributed by atoms with van der Waals surface area (Å²) in [5, 5.41) is 17.5. The number of aromatic nitrogens is 3. The molecule has 0 saturated heterocycles. The predicted octanol–water partition coefficient (Wildman–Crippen LogP) is 0.525. The van der Waals surface area contributed by atoms with Crippen LogP contribution < -0.4 is 5.73 Å². The molecule has 0 aliphatic carbocycles. The van der Waals surface area contributed by atoms with Gasteiger partial charge in [0.05, 0.1) is 17.5 Å². The van der Waals surface area contributed by atoms with E-state index in [0.29, 0.717) is 11.6 Å². The van der Waals surface area contributed by atoms with E-state index < -0.39 is 6.04 Å². The summed E-state index contributed by atoms with van der Waals surface area (Å²) in [6, 6.07) is 3.38. The molecule has 0 aromatic carbocycles. The lowest BCUT2D eigenvalue weighted by atomic mass is 10.3. The molecule has 0 amide bonds. The fourth-order valence-electron chi connectivity index (χ4n) is 1.04. The molecule has 0 radical (unpaired) electrons. The monoisotopic (exact) mass is 210 g/mol. The van der Waals surface area contributed by atoms with E-state index in [4.69, 9.17) is 10.8 Å². The van der Waals surface area contributed by atoms with Gasteiger partial charge in [-0.15, -0.1) is 11.3 Å². The van der Waals surface area contributed by atoms with Crippen molar-refractivity contribution in [2.75, 3.05) is 6.61 Å². The van der Waals surface area contributed by atoms with Crippen LogP contribution in [0.25, 0.3) is 10.7 Å². The number of aliphatic hydroxyl groups is 1. The first-order chi connectivity index (χ1) is 6.81. The normalized spacial score (nSPS) is 13.0. The van der Waals surface area contributed by atoms with Crippen molar-refractivity contribution in [2.24, 2.45) is 5.73 Å². The Balaban J connectivity index is 2.26. The van der Waals surface area contributed by atoms with Gasteiger partial charge < -0.3 is 10.8 Å². The highest BCUT2D eigenvalue weighted by Crippen LogP contribution is 2.21. The molecule has 2 heterocycles. The number of nitrogens with two attached hydrogens (primary N) is 1. The summed E-state index contributed by atoms with van der Waals surface area (Å²) in [6.07, 6.45) is 0. The number of hydrogen-bond donors (Lipinski definition) is 3. The van der Waals surface area contributed by atoms with Crippen LogP contribution >= 0.6 is 11.3 Å². The lowest BCUT2D eigenvalue weighted by molar-refractivity contribution is 0.263. The van der Waals surface area contributed by atoms with Gasteiger partial charge in [0.2, 0.25) is 0 Å². The number of aliphatic hydroxyl groups excluding tert-OH is 1. The second kappa shape index (κ2) is 3.87. The van der Waals surface area contributed by atoms with E-state index in [1.807, 2.05) is 17.5 Å². The van der Waals surface area contributed by atoms with Gasteiger partial charge in [0.25, 0.3) is 0 Å². The Hall–Kier alpha value is -1.24. The molecule has 0 aliphatic heterocycles. The Bertz CT molecular complexity index is 397. The second-order valence-electron chi connectivity index (χ2n) is 2.81. The van der Waals surface area contributed by atoms with E-state index in [2.05, 4.69) is 15.2 Å². The average molecular weight is 210 g/mol. The molecular weight excluding hydrogens is 200 g/mol. The van der Waals surface area contributed by atoms with Crippen molar-refractivity contribution in [1.82, 2.24) is 15.2 Å². The number of rotatable bonds is 3. The van der Waals surface area contributed by atoms with Crippen LogP contribution in [0.3, 0.4) is 0 Å². The quantitative estimate of drug-likeness (QED) is 0.689. The minimum absolute atomic E-state index is 0.140. The molecule has 1 unspecified atom stereocenters. The molecule has 0 bridgehead atoms. The van der Waals surface area contributed by atoms with E-state index in [0.717, 1.165) is 4.88 Å². The Labute approximate surface area is 84.6 Å². The van der Waals surface area contributed by atoms with Gasteiger partial charge >= 0.3 is 0 Å². The standard InChI is InChI=1S/C8H10N4OS/c9-5(4-13)7-10-8(12-11-7)6-2-1-3-14-6/h1-3,5,13H,4,9H2,(H,10,11,12). The molecule has 0 aliphatic rings. The third-order valence-electron chi connectivity index (χ3n) is 1.79. The Morgan fingerprint density at radius 1 is 1.64 bits per heavy atom. The van der Waals surface area contributed by atoms with Crippen LogP contribution in [-0.2, 0) is 0 Å². The van der Waals surface area contributed by atoms with Crippen molar-refractivity contribution in [3.05, 3.63) is 23.3 Å². The maximum absolute atomic E-state index is 8.82. The molecule has 6 heteroatoms. The highest BCUT2D eigenvalue weighted by molar-refractivity contribution is 7.13. The minimum Gasteiger partial charge on any atom is -0.394 e. The van der Waals surface area contributed by atoms with E-state index in [1.165, 1.54) is 0 Å². The summed E-state index contributed by atoms with van der Waals surface area (Å²) in [4.78, 5) is 5.17. The molecule has 0 saturated carbocycles. The van der Waals surface area contributed by atoms with Crippen molar-refractivity contribution in [3.8, 4) is 10.7 Å². The first-order valence-electron chi connectivity index (χ1n) is 4.14. The van der Waals surface area contributed by atoms with Crippen LogP contribution in [0.5, 0.6) is 0 Å². The third-order valence-corrected chi connectivity index (χ3v) is 2.66. The Kier molecular flexibility index (Phi) is 2.58. The van der Waals surface area contributed by atoms with Gasteiger partial charge in [-0.2, -0.15) is 5.10 Å². The Morgan fingerprint density at radius 2 is 2.50 bits per heavy atom. The molecule has 2 aromatic rings. The summed E-state index contributed by atoms with van der Waals surface area (Å²) in [7, 11) is 0. The van der Waals surface area contributed by atoms with E-state index in [1.54, 1.807) is 11.3 Å². The van der Waals surface area contributed by atoms with E-state index in [-0.39, 0.29) is 6.61 Å². The van der Waals surface area contributed by atoms with Crippen LogP contribution in [0.1, 0.15) is 11.9 Å². The number of thiophene rings is 1. The topological polar surface area (TPSA) is 87.8 Å². The van der Waals surface area contributed by atoms with Crippen molar-refractivity contribution in [3.63, 3.8) is 0 Å². The minimum atomic E-state index is -0.490. The predicted molar refractivity (Wildman–Crippen MR) is 53.7 cm³/mol. The van der Waals surface area contributed by atoms with Crippen LogP contribution in [0.2, 0.25) is 0 Å². The number of nitrogens with zero attached hydrogens (tertiary/aromatic N) is 2. The molecule has 1 atom stereocenters. The van der Waals surface area contributed by atoms with Crippen LogP contribution in [-0.4, -0.2) is 26.9 Å². The zero-order chi connectivity index (χ0) is 9.97. The lowest BCUT2D eigenvalue weighted by Gasteiger charge is -2.00. The first kappa shape index (κ1) is 9.32. The van der Waals surface area contributed by atoms with Crippen molar-refractivity contribution in [1.29, 1.82) is 0 Å². The zero-order valence-electron chi connectivity index (χ0n) is 7.34. The summed E-state index contributed by atoms with van der Waals surface area (Å²) in [5.41, 5.74) is 5.58.